The minimum absolute atomic E-state index is 0.0111. The SMILES string of the molecule is Cc1ccc(C(=O)Nc2ccc(F)cc2)cc1-c1nc(N2CCC(CNC(=O)OC(C)(C)C)CC2)nc2c1CNC(=O)N2c1c(F)cccc1F. The molecule has 6 rings (SSSR count). The molecule has 0 spiro atoms. The van der Waals surface area contributed by atoms with Crippen LogP contribution in [-0.4, -0.2) is 53.2 Å². The van der Waals surface area contributed by atoms with Crippen LogP contribution in [0.2, 0.25) is 0 Å². The van der Waals surface area contributed by atoms with Crippen molar-refractivity contribution in [2.45, 2.75) is 52.7 Å². The Bertz CT molecular complexity index is 1960. The second-order valence-corrected chi connectivity index (χ2v) is 13.5. The van der Waals surface area contributed by atoms with Gasteiger partial charge in [0.2, 0.25) is 5.95 Å². The Kier molecular flexibility index (Phi) is 9.86. The number of alkyl carbamates (subject to hydrolysis) is 1. The van der Waals surface area contributed by atoms with Crippen molar-refractivity contribution >= 4 is 41.2 Å². The average molecular weight is 702 g/mol. The van der Waals surface area contributed by atoms with Gasteiger partial charge in [-0.05, 0) is 101 Å². The van der Waals surface area contributed by atoms with E-state index in [4.69, 9.17) is 14.7 Å². The lowest BCUT2D eigenvalue weighted by Gasteiger charge is -2.35. The number of piperidine rings is 1. The van der Waals surface area contributed by atoms with Gasteiger partial charge in [0.1, 0.15) is 28.7 Å². The van der Waals surface area contributed by atoms with Crippen molar-refractivity contribution in [1.29, 1.82) is 0 Å². The number of hydrogen-bond acceptors (Lipinski definition) is 7. The molecule has 4 amide bonds. The van der Waals surface area contributed by atoms with Crippen molar-refractivity contribution in [3.8, 4) is 11.3 Å². The van der Waals surface area contributed by atoms with Gasteiger partial charge in [-0.2, -0.15) is 4.98 Å². The number of para-hydroxylation sites is 1. The Morgan fingerprint density at radius 3 is 2.33 bits per heavy atom. The number of carbonyl (C=O) groups excluding carboxylic acids is 3. The van der Waals surface area contributed by atoms with Gasteiger partial charge in [-0.15, -0.1) is 0 Å². The first kappa shape index (κ1) is 35.2. The van der Waals surface area contributed by atoms with E-state index < -0.39 is 46.8 Å². The lowest BCUT2D eigenvalue weighted by molar-refractivity contribution is 0.0516. The summed E-state index contributed by atoms with van der Waals surface area (Å²) in [6.07, 6.45) is 0.862. The summed E-state index contributed by atoms with van der Waals surface area (Å²) >= 11 is 0. The molecule has 0 aliphatic carbocycles. The summed E-state index contributed by atoms with van der Waals surface area (Å²) in [6, 6.07) is 13.0. The van der Waals surface area contributed by atoms with Crippen molar-refractivity contribution in [2.24, 2.45) is 5.92 Å². The minimum Gasteiger partial charge on any atom is -0.444 e. The van der Waals surface area contributed by atoms with Gasteiger partial charge in [-0.25, -0.2) is 32.6 Å². The molecule has 0 atom stereocenters. The largest absolute Gasteiger partial charge is 0.444 e. The summed E-state index contributed by atoms with van der Waals surface area (Å²) in [5.41, 5.74) is 1.55. The Morgan fingerprint density at radius 1 is 0.980 bits per heavy atom. The minimum atomic E-state index is -0.950. The Labute approximate surface area is 293 Å². The first-order valence-electron chi connectivity index (χ1n) is 16.6. The molecule has 2 aliphatic heterocycles. The summed E-state index contributed by atoms with van der Waals surface area (Å²) in [6.45, 7) is 8.60. The highest BCUT2D eigenvalue weighted by atomic mass is 19.1. The summed E-state index contributed by atoms with van der Waals surface area (Å²) in [5, 5.41) is 8.28. The van der Waals surface area contributed by atoms with E-state index in [1.165, 1.54) is 30.3 Å². The number of anilines is 4. The van der Waals surface area contributed by atoms with Gasteiger partial charge in [-0.1, -0.05) is 12.1 Å². The van der Waals surface area contributed by atoms with Gasteiger partial charge in [0.25, 0.3) is 5.91 Å². The maximum absolute atomic E-state index is 15.2. The fraction of sp³-hybridized carbons (Fsp3) is 0.324. The number of ether oxygens (including phenoxy) is 1. The molecule has 1 saturated heterocycles. The first-order valence-corrected chi connectivity index (χ1v) is 16.6. The fourth-order valence-electron chi connectivity index (χ4n) is 6.06. The third-order valence-corrected chi connectivity index (χ3v) is 8.65. The van der Waals surface area contributed by atoms with E-state index in [-0.39, 0.29) is 29.8 Å². The van der Waals surface area contributed by atoms with Crippen LogP contribution >= 0.6 is 0 Å². The van der Waals surface area contributed by atoms with E-state index >= 15 is 8.78 Å². The lowest BCUT2D eigenvalue weighted by atomic mass is 9.96. The number of hydrogen-bond donors (Lipinski definition) is 3. The molecule has 0 radical (unpaired) electrons. The maximum Gasteiger partial charge on any atom is 0.407 e. The van der Waals surface area contributed by atoms with Crippen LogP contribution in [0.1, 0.15) is 55.1 Å². The van der Waals surface area contributed by atoms with Crippen molar-refractivity contribution < 1.29 is 32.3 Å². The number of amides is 4. The summed E-state index contributed by atoms with van der Waals surface area (Å²) in [5.74, 6) is -2.39. The number of fused-ring (bicyclic) bond motifs is 1. The van der Waals surface area contributed by atoms with Gasteiger partial charge in [0, 0.05) is 42.0 Å². The molecule has 0 unspecified atom stereocenters. The van der Waals surface area contributed by atoms with Crippen LogP contribution in [0.15, 0.2) is 60.7 Å². The quantitative estimate of drug-likeness (QED) is 0.186. The van der Waals surface area contributed by atoms with E-state index in [9.17, 15) is 18.8 Å². The predicted molar refractivity (Wildman–Crippen MR) is 186 cm³/mol. The number of benzene rings is 3. The van der Waals surface area contributed by atoms with E-state index in [0.717, 1.165) is 22.6 Å². The molecule has 0 saturated carbocycles. The summed E-state index contributed by atoms with van der Waals surface area (Å²) in [7, 11) is 0. The molecule has 11 nitrogen and oxygen atoms in total. The molecular weight excluding hydrogens is 663 g/mol. The topological polar surface area (TPSA) is 129 Å². The Balaban J connectivity index is 1.37. The Hall–Kier alpha value is -5.66. The van der Waals surface area contributed by atoms with E-state index in [0.29, 0.717) is 55.0 Å². The number of nitrogens with one attached hydrogen (secondary N) is 3. The van der Waals surface area contributed by atoms with Crippen molar-refractivity contribution in [3.05, 3.63) is 94.8 Å². The molecule has 3 heterocycles. The van der Waals surface area contributed by atoms with Crippen LogP contribution in [-0.2, 0) is 11.3 Å². The number of rotatable bonds is 7. The monoisotopic (exact) mass is 701 g/mol. The number of halogens is 3. The van der Waals surface area contributed by atoms with Crippen molar-refractivity contribution in [3.63, 3.8) is 0 Å². The molecule has 2 aliphatic rings. The van der Waals surface area contributed by atoms with Crippen molar-refractivity contribution in [1.82, 2.24) is 20.6 Å². The highest BCUT2D eigenvalue weighted by Crippen LogP contribution is 2.40. The molecule has 266 valence electrons. The van der Waals surface area contributed by atoms with E-state index in [2.05, 4.69) is 16.0 Å². The van der Waals surface area contributed by atoms with Crippen LogP contribution in [0.5, 0.6) is 0 Å². The molecule has 3 aromatic carbocycles. The van der Waals surface area contributed by atoms with Crippen LogP contribution in [0.3, 0.4) is 0 Å². The van der Waals surface area contributed by atoms with Crippen LogP contribution in [0, 0.1) is 30.3 Å². The van der Waals surface area contributed by atoms with Crippen LogP contribution < -0.4 is 25.8 Å². The smallest absolute Gasteiger partial charge is 0.407 e. The number of carbonyl (C=O) groups is 3. The summed E-state index contributed by atoms with van der Waals surface area (Å²) < 4.78 is 49.3. The maximum atomic E-state index is 15.2. The highest BCUT2D eigenvalue weighted by Gasteiger charge is 2.35. The zero-order valence-corrected chi connectivity index (χ0v) is 28.6. The zero-order valence-electron chi connectivity index (χ0n) is 28.6. The van der Waals surface area contributed by atoms with Gasteiger partial charge in [0.05, 0.1) is 12.2 Å². The van der Waals surface area contributed by atoms with Crippen LogP contribution in [0.25, 0.3) is 11.3 Å². The molecule has 14 heteroatoms. The number of urea groups is 1. The lowest BCUT2D eigenvalue weighted by Crippen LogP contribution is -2.44. The van der Waals surface area contributed by atoms with E-state index in [1.807, 2.05) is 11.8 Å². The molecule has 0 bridgehead atoms. The van der Waals surface area contributed by atoms with Gasteiger partial charge < -0.3 is 25.6 Å². The third-order valence-electron chi connectivity index (χ3n) is 8.65. The van der Waals surface area contributed by atoms with Gasteiger partial charge in [0.15, 0.2) is 5.82 Å². The molecular formula is C37H38F3N7O4. The second kappa shape index (κ2) is 14.3. The van der Waals surface area contributed by atoms with E-state index in [1.54, 1.807) is 39.0 Å². The molecule has 1 fully saturated rings. The standard InChI is InChI=1S/C37H38F3N7O4/c1-21-8-9-23(33(48)43-25-12-10-24(38)11-13-25)18-26(21)30-27-20-41-35(49)47(31-28(39)6-5-7-29(31)40)32(27)45-34(44-30)46-16-14-22(15-17-46)19-42-36(50)51-37(2,3)4/h5-13,18,22H,14-17,19-20H2,1-4H3,(H,41,49)(H,42,50)(H,43,48). The normalized spacial score (nSPS) is 14.8. The molecule has 1 aromatic heterocycles. The van der Waals surface area contributed by atoms with Crippen LogP contribution in [0.4, 0.5) is 45.9 Å². The highest BCUT2D eigenvalue weighted by molar-refractivity contribution is 6.06. The van der Waals surface area contributed by atoms with Gasteiger partial charge in [-0.3, -0.25) is 4.79 Å². The zero-order chi connectivity index (χ0) is 36.4. The predicted octanol–water partition coefficient (Wildman–Crippen LogP) is 7.22. The van der Waals surface area contributed by atoms with Gasteiger partial charge >= 0.3 is 12.1 Å². The first-order chi connectivity index (χ1) is 24.3. The molecule has 4 aromatic rings. The average Bonchev–Trinajstić information content (AvgIpc) is 3.08. The molecule has 3 N–H and O–H groups in total. The fourth-order valence-corrected chi connectivity index (χ4v) is 6.06. The summed E-state index contributed by atoms with van der Waals surface area (Å²) in [4.78, 5) is 51.4. The number of aryl methyl sites for hydroxylation is 1. The molecule has 51 heavy (non-hydrogen) atoms. The third kappa shape index (κ3) is 7.89. The second-order valence-electron chi connectivity index (χ2n) is 13.5. The number of aromatic nitrogens is 2. The number of nitrogens with zero attached hydrogens (tertiary/aromatic N) is 4. The Morgan fingerprint density at radius 2 is 1.67 bits per heavy atom. The van der Waals surface area contributed by atoms with Crippen molar-refractivity contribution in [2.75, 3.05) is 34.8 Å².